The van der Waals surface area contributed by atoms with Crippen LogP contribution >= 0.6 is 0 Å². The van der Waals surface area contributed by atoms with Gasteiger partial charge in [-0.25, -0.2) is 0 Å². The number of fused-ring (bicyclic) bond motifs is 1. The van der Waals surface area contributed by atoms with E-state index in [-0.39, 0.29) is 24.2 Å². The van der Waals surface area contributed by atoms with Crippen LogP contribution in [0.4, 0.5) is 5.69 Å². The van der Waals surface area contributed by atoms with Crippen LogP contribution in [0.2, 0.25) is 0 Å². The van der Waals surface area contributed by atoms with Crippen molar-refractivity contribution in [1.82, 2.24) is 0 Å². The molecule has 4 rings (SSSR count). The van der Waals surface area contributed by atoms with Gasteiger partial charge in [-0.3, -0.25) is 4.79 Å². The summed E-state index contributed by atoms with van der Waals surface area (Å²) in [7, 11) is -0.353. The second kappa shape index (κ2) is 5.58. The van der Waals surface area contributed by atoms with E-state index in [1.807, 2.05) is 11.0 Å². The fraction of sp³-hybridized carbons (Fsp3) is 0.450. The zero-order valence-corrected chi connectivity index (χ0v) is 15.3. The van der Waals surface area contributed by atoms with E-state index < -0.39 is 0 Å². The van der Waals surface area contributed by atoms with Crippen molar-refractivity contribution in [2.24, 2.45) is 0 Å². The molecule has 2 heterocycles. The van der Waals surface area contributed by atoms with Crippen molar-refractivity contribution in [3.05, 3.63) is 36.4 Å². The Labute approximate surface area is 149 Å². The maximum Gasteiger partial charge on any atom is 0.494 e. The quantitative estimate of drug-likeness (QED) is 0.790. The van der Waals surface area contributed by atoms with E-state index in [1.54, 1.807) is 0 Å². The molecule has 0 aliphatic carbocycles. The maximum absolute atomic E-state index is 12.0. The van der Waals surface area contributed by atoms with Crippen LogP contribution in [-0.4, -0.2) is 30.8 Å². The van der Waals surface area contributed by atoms with Crippen molar-refractivity contribution in [3.63, 3.8) is 0 Å². The number of nitrogens with zero attached hydrogens (tertiary/aromatic N) is 1. The third kappa shape index (κ3) is 2.76. The van der Waals surface area contributed by atoms with E-state index in [9.17, 15) is 4.79 Å². The highest BCUT2D eigenvalue weighted by atomic mass is 16.7. The van der Waals surface area contributed by atoms with Gasteiger partial charge in [0.15, 0.2) is 0 Å². The monoisotopic (exact) mass is 337 g/mol. The Balaban J connectivity index is 1.65. The first-order valence-electron chi connectivity index (χ1n) is 8.97. The SMILES string of the molecule is CC1(C)OB(c2ccc3cc(N4CCCC4=O)ccc3c2)OC1(C)C. The Morgan fingerprint density at radius 3 is 2.24 bits per heavy atom. The van der Waals surface area contributed by atoms with Gasteiger partial charge in [0.1, 0.15) is 0 Å². The number of anilines is 1. The van der Waals surface area contributed by atoms with Gasteiger partial charge in [0.25, 0.3) is 0 Å². The Kier molecular flexibility index (Phi) is 3.71. The number of carbonyl (C=O) groups excluding carboxylic acids is 1. The summed E-state index contributed by atoms with van der Waals surface area (Å²) in [5.41, 5.74) is 1.33. The number of hydrogen-bond donors (Lipinski definition) is 0. The third-order valence-corrected chi connectivity index (χ3v) is 5.76. The standard InChI is InChI=1S/C20H24BNO3/c1-19(2)20(3,4)25-21(24-19)16-9-7-15-13-17(10-8-14(15)12-16)22-11-5-6-18(22)23/h7-10,12-13H,5-6,11H2,1-4H3. The molecule has 0 N–H and O–H groups in total. The maximum atomic E-state index is 12.0. The molecule has 130 valence electrons. The van der Waals surface area contributed by atoms with E-state index in [0.717, 1.165) is 34.9 Å². The van der Waals surface area contributed by atoms with Crippen molar-refractivity contribution < 1.29 is 14.1 Å². The predicted octanol–water partition coefficient (Wildman–Crippen LogP) is 3.27. The van der Waals surface area contributed by atoms with E-state index >= 15 is 0 Å². The van der Waals surface area contributed by atoms with Gasteiger partial charge in [0.05, 0.1) is 11.2 Å². The highest BCUT2D eigenvalue weighted by Gasteiger charge is 2.51. The van der Waals surface area contributed by atoms with E-state index in [4.69, 9.17) is 9.31 Å². The number of rotatable bonds is 2. The van der Waals surface area contributed by atoms with Crippen molar-refractivity contribution in [3.8, 4) is 0 Å². The van der Waals surface area contributed by atoms with Crippen LogP contribution in [0.5, 0.6) is 0 Å². The molecule has 0 saturated carbocycles. The van der Waals surface area contributed by atoms with Crippen LogP contribution in [0.1, 0.15) is 40.5 Å². The molecule has 1 amide bonds. The highest BCUT2D eigenvalue weighted by Crippen LogP contribution is 2.36. The Bertz CT molecular complexity index is 830. The van der Waals surface area contributed by atoms with Crippen LogP contribution in [0, 0.1) is 0 Å². The molecule has 2 aliphatic heterocycles. The third-order valence-electron chi connectivity index (χ3n) is 5.76. The lowest BCUT2D eigenvalue weighted by molar-refractivity contribution is -0.117. The van der Waals surface area contributed by atoms with Gasteiger partial charge in [-0.05, 0) is 62.5 Å². The number of carbonyl (C=O) groups is 1. The van der Waals surface area contributed by atoms with Gasteiger partial charge in [0.2, 0.25) is 5.91 Å². The highest BCUT2D eigenvalue weighted by molar-refractivity contribution is 6.62. The fourth-order valence-corrected chi connectivity index (χ4v) is 3.47. The summed E-state index contributed by atoms with van der Waals surface area (Å²) >= 11 is 0. The Morgan fingerprint density at radius 2 is 1.60 bits per heavy atom. The van der Waals surface area contributed by atoms with Crippen LogP contribution in [0.3, 0.4) is 0 Å². The van der Waals surface area contributed by atoms with Gasteiger partial charge < -0.3 is 14.2 Å². The van der Waals surface area contributed by atoms with Gasteiger partial charge in [-0.1, -0.05) is 24.3 Å². The summed E-state index contributed by atoms with van der Waals surface area (Å²) in [6.45, 7) is 9.07. The molecule has 2 saturated heterocycles. The molecule has 0 aromatic heterocycles. The summed E-state index contributed by atoms with van der Waals surface area (Å²) in [4.78, 5) is 13.8. The van der Waals surface area contributed by atoms with Crippen molar-refractivity contribution in [1.29, 1.82) is 0 Å². The molecule has 2 aliphatic rings. The minimum Gasteiger partial charge on any atom is -0.399 e. The lowest BCUT2D eigenvalue weighted by Gasteiger charge is -2.32. The lowest BCUT2D eigenvalue weighted by atomic mass is 9.78. The second-order valence-corrected chi connectivity index (χ2v) is 8.03. The first kappa shape index (κ1) is 16.6. The molecule has 25 heavy (non-hydrogen) atoms. The van der Waals surface area contributed by atoms with E-state index in [1.165, 1.54) is 0 Å². The summed E-state index contributed by atoms with van der Waals surface area (Å²) in [6.07, 6.45) is 1.59. The second-order valence-electron chi connectivity index (χ2n) is 8.03. The van der Waals surface area contributed by atoms with E-state index in [2.05, 4.69) is 58.0 Å². The minimum absolute atomic E-state index is 0.216. The van der Waals surface area contributed by atoms with Crippen molar-refractivity contribution >= 4 is 34.9 Å². The lowest BCUT2D eigenvalue weighted by Crippen LogP contribution is -2.41. The molecule has 0 radical (unpaired) electrons. The van der Waals surface area contributed by atoms with Gasteiger partial charge in [-0.15, -0.1) is 0 Å². The molecule has 0 unspecified atom stereocenters. The zero-order chi connectivity index (χ0) is 17.8. The zero-order valence-electron chi connectivity index (χ0n) is 15.3. The number of benzene rings is 2. The molecule has 2 fully saturated rings. The number of amides is 1. The molecule has 5 heteroatoms. The molecule has 0 spiro atoms. The summed E-state index contributed by atoms with van der Waals surface area (Å²) in [6, 6.07) is 12.4. The fourth-order valence-electron chi connectivity index (χ4n) is 3.47. The average Bonchev–Trinajstić information content (AvgIpc) is 3.07. The molecule has 2 aromatic carbocycles. The van der Waals surface area contributed by atoms with Crippen molar-refractivity contribution in [2.45, 2.75) is 51.7 Å². The molecule has 0 bridgehead atoms. The molecule has 4 nitrogen and oxygen atoms in total. The summed E-state index contributed by atoms with van der Waals surface area (Å²) < 4.78 is 12.3. The molecular formula is C20H24BNO3. The summed E-state index contributed by atoms with van der Waals surface area (Å²) in [5.74, 6) is 0.216. The van der Waals surface area contributed by atoms with Crippen LogP contribution < -0.4 is 10.4 Å². The van der Waals surface area contributed by atoms with Gasteiger partial charge in [-0.2, -0.15) is 0 Å². The first-order valence-corrected chi connectivity index (χ1v) is 8.97. The van der Waals surface area contributed by atoms with Crippen LogP contribution in [0.25, 0.3) is 10.8 Å². The predicted molar refractivity (Wildman–Crippen MR) is 101 cm³/mol. The molecule has 2 aromatic rings. The normalized spacial score (nSPS) is 22.2. The minimum atomic E-state index is -0.353. The first-order chi connectivity index (χ1) is 11.8. The average molecular weight is 337 g/mol. The topological polar surface area (TPSA) is 38.8 Å². The Hall–Kier alpha value is -1.85. The van der Waals surface area contributed by atoms with Crippen LogP contribution in [0.15, 0.2) is 36.4 Å². The van der Waals surface area contributed by atoms with Crippen molar-refractivity contribution in [2.75, 3.05) is 11.4 Å². The number of hydrogen-bond acceptors (Lipinski definition) is 3. The van der Waals surface area contributed by atoms with Gasteiger partial charge >= 0.3 is 7.12 Å². The van der Waals surface area contributed by atoms with E-state index in [0.29, 0.717) is 6.42 Å². The molecule has 0 atom stereocenters. The smallest absolute Gasteiger partial charge is 0.399 e. The van der Waals surface area contributed by atoms with Crippen LogP contribution in [-0.2, 0) is 14.1 Å². The Morgan fingerprint density at radius 1 is 0.960 bits per heavy atom. The summed E-state index contributed by atoms with van der Waals surface area (Å²) in [5, 5.41) is 2.25. The largest absolute Gasteiger partial charge is 0.494 e. The van der Waals surface area contributed by atoms with Gasteiger partial charge in [0, 0.05) is 18.7 Å². The molecular weight excluding hydrogens is 313 g/mol.